The summed E-state index contributed by atoms with van der Waals surface area (Å²) >= 11 is 0. The van der Waals surface area contributed by atoms with Gasteiger partial charge in [0.1, 0.15) is 6.10 Å². The largest absolute Gasteiger partial charge is 0.466 e. The van der Waals surface area contributed by atoms with Crippen LogP contribution in [0.25, 0.3) is 0 Å². The Morgan fingerprint density at radius 1 is 1.31 bits per heavy atom. The van der Waals surface area contributed by atoms with Crippen LogP contribution < -0.4 is 0 Å². The normalized spacial score (nSPS) is 11.9. The second-order valence-corrected chi connectivity index (χ2v) is 2.65. The molecule has 4 nitrogen and oxygen atoms in total. The molecule has 0 aliphatic rings. The molecule has 0 aliphatic carbocycles. The van der Waals surface area contributed by atoms with Gasteiger partial charge in [0.15, 0.2) is 0 Å². The molecule has 0 saturated carbocycles. The molecule has 0 aliphatic heterocycles. The molecule has 0 rings (SSSR count). The molecule has 0 heterocycles. The van der Waals surface area contributed by atoms with Crippen molar-refractivity contribution in [3.63, 3.8) is 0 Å². The summed E-state index contributed by atoms with van der Waals surface area (Å²) in [4.78, 5) is 21.6. The van der Waals surface area contributed by atoms with E-state index in [0.29, 0.717) is 13.0 Å². The van der Waals surface area contributed by atoms with Crippen molar-refractivity contribution >= 4 is 11.9 Å². The van der Waals surface area contributed by atoms with Crippen LogP contribution in [0.5, 0.6) is 0 Å². The average molecular weight is 188 g/mol. The minimum absolute atomic E-state index is 0.143. The maximum atomic E-state index is 11.0. The number of ether oxygens (including phenoxy) is 2. The van der Waals surface area contributed by atoms with Crippen molar-refractivity contribution in [2.75, 3.05) is 6.61 Å². The summed E-state index contributed by atoms with van der Waals surface area (Å²) < 4.78 is 9.60. The summed E-state index contributed by atoms with van der Waals surface area (Å²) in [7, 11) is 0. The van der Waals surface area contributed by atoms with Crippen LogP contribution in [-0.4, -0.2) is 24.6 Å². The molecular formula is C9H16O4. The first-order valence-corrected chi connectivity index (χ1v) is 4.43. The maximum Gasteiger partial charge on any atom is 0.309 e. The number of carbonyl (C=O) groups excluding carboxylic acids is 2. The third-order valence-electron chi connectivity index (χ3n) is 1.49. The fourth-order valence-corrected chi connectivity index (χ4v) is 0.910. The third-order valence-corrected chi connectivity index (χ3v) is 1.49. The Balaban J connectivity index is 3.83. The summed E-state index contributed by atoms with van der Waals surface area (Å²) in [6.45, 7) is 5.28. The summed E-state index contributed by atoms with van der Waals surface area (Å²) in [5, 5.41) is 0. The van der Waals surface area contributed by atoms with Crippen molar-refractivity contribution in [1.82, 2.24) is 0 Å². The van der Waals surface area contributed by atoms with Gasteiger partial charge in [-0.3, -0.25) is 9.59 Å². The van der Waals surface area contributed by atoms with Gasteiger partial charge in [0.05, 0.1) is 13.0 Å². The molecule has 0 saturated heterocycles. The maximum absolute atomic E-state index is 11.0. The highest BCUT2D eigenvalue weighted by Gasteiger charge is 2.15. The molecule has 1 atom stereocenters. The lowest BCUT2D eigenvalue weighted by atomic mass is 10.2. The van der Waals surface area contributed by atoms with Crippen LogP contribution in [0, 0.1) is 0 Å². The van der Waals surface area contributed by atoms with Crippen molar-refractivity contribution in [3.8, 4) is 0 Å². The van der Waals surface area contributed by atoms with Crippen molar-refractivity contribution < 1.29 is 19.1 Å². The quantitative estimate of drug-likeness (QED) is 0.610. The van der Waals surface area contributed by atoms with E-state index in [-0.39, 0.29) is 24.5 Å². The standard InChI is InChI=1S/C9H16O4/c1-4-8(13-7(3)10)6-9(11)12-5-2/h8H,4-6H2,1-3H3/t8-/m1/s1. The van der Waals surface area contributed by atoms with E-state index in [2.05, 4.69) is 0 Å². The Kier molecular flexibility index (Phi) is 5.93. The van der Waals surface area contributed by atoms with Crippen molar-refractivity contribution in [2.45, 2.75) is 39.7 Å². The second kappa shape index (κ2) is 6.46. The third kappa shape index (κ3) is 6.13. The Morgan fingerprint density at radius 2 is 1.92 bits per heavy atom. The number of rotatable bonds is 5. The van der Waals surface area contributed by atoms with Crippen LogP contribution in [0.15, 0.2) is 0 Å². The molecule has 0 aromatic heterocycles. The van der Waals surface area contributed by atoms with Gasteiger partial charge in [0, 0.05) is 6.92 Å². The Hall–Kier alpha value is -1.06. The fourth-order valence-electron chi connectivity index (χ4n) is 0.910. The van der Waals surface area contributed by atoms with E-state index in [0.717, 1.165) is 0 Å². The lowest BCUT2D eigenvalue weighted by Gasteiger charge is -2.13. The van der Waals surface area contributed by atoms with Gasteiger partial charge in [-0.25, -0.2) is 0 Å². The van der Waals surface area contributed by atoms with E-state index in [4.69, 9.17) is 9.47 Å². The van der Waals surface area contributed by atoms with Crippen LogP contribution >= 0.6 is 0 Å². The predicted octanol–water partition coefficient (Wildman–Crippen LogP) is 1.28. The number of carbonyl (C=O) groups is 2. The van der Waals surface area contributed by atoms with E-state index >= 15 is 0 Å². The SMILES string of the molecule is CCOC(=O)C[C@@H](CC)OC(C)=O. The van der Waals surface area contributed by atoms with E-state index in [1.807, 2.05) is 6.92 Å². The number of esters is 2. The van der Waals surface area contributed by atoms with Gasteiger partial charge in [0.25, 0.3) is 0 Å². The summed E-state index contributed by atoms with van der Waals surface area (Å²) in [6.07, 6.45) is 0.416. The molecule has 0 unspecified atom stereocenters. The molecule has 0 radical (unpaired) electrons. The van der Waals surface area contributed by atoms with Gasteiger partial charge < -0.3 is 9.47 Å². The Labute approximate surface area is 78.2 Å². The lowest BCUT2D eigenvalue weighted by Crippen LogP contribution is -2.20. The number of hydrogen-bond acceptors (Lipinski definition) is 4. The highest BCUT2D eigenvalue weighted by atomic mass is 16.6. The molecular weight excluding hydrogens is 172 g/mol. The molecule has 0 fully saturated rings. The molecule has 0 N–H and O–H groups in total. The monoisotopic (exact) mass is 188 g/mol. The van der Waals surface area contributed by atoms with Crippen LogP contribution in [0.4, 0.5) is 0 Å². The molecule has 0 bridgehead atoms. The molecule has 0 aromatic rings. The van der Waals surface area contributed by atoms with Crippen molar-refractivity contribution in [2.24, 2.45) is 0 Å². The smallest absolute Gasteiger partial charge is 0.309 e. The van der Waals surface area contributed by atoms with Crippen molar-refractivity contribution in [1.29, 1.82) is 0 Å². The molecule has 0 spiro atoms. The van der Waals surface area contributed by atoms with Crippen molar-refractivity contribution in [3.05, 3.63) is 0 Å². The molecule has 13 heavy (non-hydrogen) atoms. The van der Waals surface area contributed by atoms with E-state index in [1.165, 1.54) is 6.92 Å². The Bertz CT molecular complexity index is 176. The summed E-state index contributed by atoms with van der Waals surface area (Å²) in [5.74, 6) is -0.688. The summed E-state index contributed by atoms with van der Waals surface area (Å²) in [5.41, 5.74) is 0. The first-order chi connectivity index (χ1) is 6.10. The highest BCUT2D eigenvalue weighted by Crippen LogP contribution is 2.05. The zero-order valence-corrected chi connectivity index (χ0v) is 8.33. The van der Waals surface area contributed by atoms with E-state index in [9.17, 15) is 9.59 Å². The number of hydrogen-bond donors (Lipinski definition) is 0. The van der Waals surface area contributed by atoms with Crippen LogP contribution in [0.2, 0.25) is 0 Å². The minimum Gasteiger partial charge on any atom is -0.466 e. The predicted molar refractivity (Wildman–Crippen MR) is 47.1 cm³/mol. The van der Waals surface area contributed by atoms with E-state index < -0.39 is 0 Å². The van der Waals surface area contributed by atoms with Crippen LogP contribution in [0.1, 0.15) is 33.6 Å². The van der Waals surface area contributed by atoms with Gasteiger partial charge in [-0.2, -0.15) is 0 Å². The first kappa shape index (κ1) is 11.9. The summed E-state index contributed by atoms with van der Waals surface area (Å²) in [6, 6.07) is 0. The highest BCUT2D eigenvalue weighted by molar-refractivity contribution is 5.71. The topological polar surface area (TPSA) is 52.6 Å². The van der Waals surface area contributed by atoms with Crippen LogP contribution in [0.3, 0.4) is 0 Å². The van der Waals surface area contributed by atoms with Gasteiger partial charge in [-0.1, -0.05) is 6.92 Å². The van der Waals surface area contributed by atoms with Crippen LogP contribution in [-0.2, 0) is 19.1 Å². The fraction of sp³-hybridized carbons (Fsp3) is 0.778. The molecule has 4 heteroatoms. The molecule has 76 valence electrons. The van der Waals surface area contributed by atoms with Gasteiger partial charge in [-0.05, 0) is 13.3 Å². The lowest BCUT2D eigenvalue weighted by molar-refractivity contribution is -0.153. The zero-order chi connectivity index (χ0) is 10.3. The first-order valence-electron chi connectivity index (χ1n) is 4.43. The van der Waals surface area contributed by atoms with E-state index in [1.54, 1.807) is 6.92 Å². The minimum atomic E-state index is -0.365. The Morgan fingerprint density at radius 3 is 2.31 bits per heavy atom. The van der Waals surface area contributed by atoms with Gasteiger partial charge in [0.2, 0.25) is 0 Å². The van der Waals surface area contributed by atoms with Gasteiger partial charge >= 0.3 is 11.9 Å². The zero-order valence-electron chi connectivity index (χ0n) is 8.33. The molecule has 0 aromatic carbocycles. The second-order valence-electron chi connectivity index (χ2n) is 2.65. The average Bonchev–Trinajstić information content (AvgIpc) is 2.02. The molecule has 0 amide bonds. The van der Waals surface area contributed by atoms with Gasteiger partial charge in [-0.15, -0.1) is 0 Å².